The van der Waals surface area contributed by atoms with Crippen LogP contribution in [0.3, 0.4) is 0 Å². The van der Waals surface area contributed by atoms with E-state index < -0.39 is 27.8 Å². The standard InChI is InChI=1S/C25H36N2O6S/c1-18(2)17-27(34(31,32)23-12-10-22(29)11-13-23)15-14-20(26-24(30)33-25(3,4)5)16-19-6-8-21(28)9-7-19/h6-13,18,20,28-29H,14-17H2,1-5H3,(H,26,30)/t20-/m1/s1. The third-order valence-corrected chi connectivity index (χ3v) is 6.79. The molecule has 9 heteroatoms. The number of hydrogen-bond donors (Lipinski definition) is 3. The van der Waals surface area contributed by atoms with E-state index in [9.17, 15) is 23.4 Å². The van der Waals surface area contributed by atoms with Gasteiger partial charge in [-0.15, -0.1) is 0 Å². The molecular formula is C25H36N2O6S. The van der Waals surface area contributed by atoms with Crippen molar-refractivity contribution in [3.05, 3.63) is 54.1 Å². The zero-order chi connectivity index (χ0) is 25.5. The van der Waals surface area contributed by atoms with Crippen LogP contribution in [0.1, 0.15) is 46.6 Å². The van der Waals surface area contributed by atoms with Crippen LogP contribution in [0.25, 0.3) is 0 Å². The van der Waals surface area contributed by atoms with Gasteiger partial charge in [0.25, 0.3) is 0 Å². The predicted molar refractivity (Wildman–Crippen MR) is 131 cm³/mol. The van der Waals surface area contributed by atoms with Crippen LogP contribution in [0.4, 0.5) is 4.79 Å². The lowest BCUT2D eigenvalue weighted by Gasteiger charge is -2.28. The Labute approximate surface area is 202 Å². The molecule has 0 aliphatic heterocycles. The van der Waals surface area contributed by atoms with E-state index in [0.29, 0.717) is 19.4 Å². The van der Waals surface area contributed by atoms with Gasteiger partial charge in [-0.05, 0) is 81.5 Å². The summed E-state index contributed by atoms with van der Waals surface area (Å²) in [5.74, 6) is 0.217. The van der Waals surface area contributed by atoms with Crippen molar-refractivity contribution in [2.75, 3.05) is 13.1 Å². The van der Waals surface area contributed by atoms with Crippen LogP contribution in [0, 0.1) is 5.92 Å². The van der Waals surface area contributed by atoms with Crippen LogP contribution in [0.5, 0.6) is 11.5 Å². The molecule has 0 aliphatic carbocycles. The van der Waals surface area contributed by atoms with Crippen molar-refractivity contribution >= 4 is 16.1 Å². The number of sulfonamides is 1. The quantitative estimate of drug-likeness (QED) is 0.456. The van der Waals surface area contributed by atoms with E-state index in [0.717, 1.165) is 5.56 Å². The summed E-state index contributed by atoms with van der Waals surface area (Å²) in [5.41, 5.74) is 0.217. The molecule has 188 valence electrons. The minimum atomic E-state index is -3.80. The summed E-state index contributed by atoms with van der Waals surface area (Å²) in [6, 6.07) is 11.7. The number of phenols is 2. The first-order valence-corrected chi connectivity index (χ1v) is 12.8. The third kappa shape index (κ3) is 8.87. The molecule has 0 saturated carbocycles. The first kappa shape index (κ1) is 27.5. The first-order chi connectivity index (χ1) is 15.8. The molecule has 0 heterocycles. The summed E-state index contributed by atoms with van der Waals surface area (Å²) in [6.45, 7) is 9.68. The van der Waals surface area contributed by atoms with E-state index in [1.807, 2.05) is 13.8 Å². The molecule has 3 N–H and O–H groups in total. The van der Waals surface area contributed by atoms with E-state index in [-0.39, 0.29) is 28.9 Å². The lowest BCUT2D eigenvalue weighted by atomic mass is 10.0. The average molecular weight is 493 g/mol. The predicted octanol–water partition coefficient (Wildman–Crippen LogP) is 4.27. The summed E-state index contributed by atoms with van der Waals surface area (Å²) in [6.07, 6.45) is 0.214. The van der Waals surface area contributed by atoms with Gasteiger partial charge < -0.3 is 20.3 Å². The number of phenolic OH excluding ortho intramolecular Hbond substituents is 2. The molecule has 0 unspecified atom stereocenters. The van der Waals surface area contributed by atoms with Crippen LogP contribution in [-0.4, -0.2) is 53.8 Å². The lowest BCUT2D eigenvalue weighted by Crippen LogP contribution is -2.43. The largest absolute Gasteiger partial charge is 0.508 e. The van der Waals surface area contributed by atoms with Gasteiger partial charge in [0.1, 0.15) is 17.1 Å². The number of amides is 1. The Morgan fingerprint density at radius 2 is 1.53 bits per heavy atom. The number of nitrogens with one attached hydrogen (secondary N) is 1. The van der Waals surface area contributed by atoms with E-state index in [1.165, 1.54) is 28.6 Å². The van der Waals surface area contributed by atoms with Crippen LogP contribution in [-0.2, 0) is 21.2 Å². The molecule has 0 bridgehead atoms. The molecular weight excluding hydrogens is 456 g/mol. The zero-order valence-corrected chi connectivity index (χ0v) is 21.3. The third-order valence-electron chi connectivity index (χ3n) is 4.91. The van der Waals surface area contributed by atoms with Crippen LogP contribution in [0.2, 0.25) is 0 Å². The molecule has 1 amide bonds. The summed E-state index contributed by atoms with van der Waals surface area (Å²) in [7, 11) is -3.80. The number of nitrogens with zero attached hydrogens (tertiary/aromatic N) is 1. The summed E-state index contributed by atoms with van der Waals surface area (Å²) >= 11 is 0. The smallest absolute Gasteiger partial charge is 0.407 e. The van der Waals surface area contributed by atoms with Gasteiger partial charge in [0, 0.05) is 19.1 Å². The highest BCUT2D eigenvalue weighted by atomic mass is 32.2. The van der Waals surface area contributed by atoms with Gasteiger partial charge >= 0.3 is 6.09 Å². The molecule has 0 aromatic heterocycles. The Kier molecular flexibility index (Phi) is 9.35. The van der Waals surface area contributed by atoms with Crippen molar-refractivity contribution in [2.24, 2.45) is 5.92 Å². The number of ether oxygens (including phenoxy) is 1. The number of benzene rings is 2. The minimum absolute atomic E-state index is 0.00937. The van der Waals surface area contributed by atoms with Gasteiger partial charge in [-0.2, -0.15) is 4.31 Å². The summed E-state index contributed by atoms with van der Waals surface area (Å²) in [5, 5.41) is 22.0. The number of alkyl carbamates (subject to hydrolysis) is 1. The molecule has 0 spiro atoms. The van der Waals surface area contributed by atoms with Crippen molar-refractivity contribution in [3.63, 3.8) is 0 Å². The van der Waals surface area contributed by atoms with Crippen LogP contribution in [0.15, 0.2) is 53.4 Å². The van der Waals surface area contributed by atoms with Gasteiger partial charge in [-0.25, -0.2) is 13.2 Å². The number of rotatable bonds is 10. The van der Waals surface area contributed by atoms with E-state index in [1.54, 1.807) is 45.0 Å². The van der Waals surface area contributed by atoms with Crippen molar-refractivity contribution in [3.8, 4) is 11.5 Å². The molecule has 2 rings (SSSR count). The van der Waals surface area contributed by atoms with Crippen LogP contribution >= 0.6 is 0 Å². The summed E-state index contributed by atoms with van der Waals surface area (Å²) in [4.78, 5) is 12.6. The molecule has 0 fully saturated rings. The van der Waals surface area contributed by atoms with Gasteiger partial charge in [-0.3, -0.25) is 0 Å². The second kappa shape index (κ2) is 11.6. The van der Waals surface area contributed by atoms with Crippen molar-refractivity contribution < 1.29 is 28.2 Å². The topological polar surface area (TPSA) is 116 Å². The molecule has 2 aromatic carbocycles. The van der Waals surface area contributed by atoms with Crippen molar-refractivity contribution in [1.29, 1.82) is 0 Å². The average Bonchev–Trinajstić information content (AvgIpc) is 2.71. The SMILES string of the molecule is CC(C)CN(CC[C@H](Cc1ccc(O)cc1)NC(=O)OC(C)(C)C)S(=O)(=O)c1ccc(O)cc1. The lowest BCUT2D eigenvalue weighted by molar-refractivity contribution is 0.0500. The van der Waals surface area contributed by atoms with Crippen molar-refractivity contribution in [2.45, 2.75) is 64.0 Å². The number of hydrogen-bond acceptors (Lipinski definition) is 6. The number of carbonyl (C=O) groups is 1. The van der Waals surface area contributed by atoms with E-state index in [4.69, 9.17) is 4.74 Å². The highest BCUT2D eigenvalue weighted by Gasteiger charge is 2.27. The van der Waals surface area contributed by atoms with Gasteiger partial charge in [0.05, 0.1) is 4.90 Å². The van der Waals surface area contributed by atoms with Gasteiger partial charge in [-0.1, -0.05) is 26.0 Å². The molecule has 0 aliphatic rings. The Bertz CT molecular complexity index is 1030. The fourth-order valence-electron chi connectivity index (χ4n) is 3.40. The molecule has 8 nitrogen and oxygen atoms in total. The van der Waals surface area contributed by atoms with E-state index >= 15 is 0 Å². The number of aromatic hydroxyl groups is 2. The Morgan fingerprint density at radius 1 is 1.00 bits per heavy atom. The zero-order valence-electron chi connectivity index (χ0n) is 20.5. The Balaban J connectivity index is 2.23. The maximum atomic E-state index is 13.3. The second-order valence-corrected chi connectivity index (χ2v) is 11.7. The maximum absolute atomic E-state index is 13.3. The molecule has 34 heavy (non-hydrogen) atoms. The Hall–Kier alpha value is -2.78. The summed E-state index contributed by atoms with van der Waals surface area (Å²) < 4.78 is 33.4. The van der Waals surface area contributed by atoms with Crippen molar-refractivity contribution in [1.82, 2.24) is 9.62 Å². The Morgan fingerprint density at radius 3 is 2.03 bits per heavy atom. The normalized spacial score (nSPS) is 13.1. The molecule has 1 atom stereocenters. The highest BCUT2D eigenvalue weighted by Crippen LogP contribution is 2.21. The molecule has 0 radical (unpaired) electrons. The maximum Gasteiger partial charge on any atom is 0.407 e. The monoisotopic (exact) mass is 492 g/mol. The second-order valence-electron chi connectivity index (χ2n) is 9.75. The van der Waals surface area contributed by atoms with Gasteiger partial charge in [0.15, 0.2) is 0 Å². The number of carbonyl (C=O) groups excluding carboxylic acids is 1. The molecule has 2 aromatic rings. The fraction of sp³-hybridized carbons (Fsp3) is 0.480. The van der Waals surface area contributed by atoms with E-state index in [2.05, 4.69) is 5.32 Å². The highest BCUT2D eigenvalue weighted by molar-refractivity contribution is 7.89. The fourth-order valence-corrected chi connectivity index (χ4v) is 5.02. The minimum Gasteiger partial charge on any atom is -0.508 e. The van der Waals surface area contributed by atoms with Gasteiger partial charge in [0.2, 0.25) is 10.0 Å². The van der Waals surface area contributed by atoms with Crippen LogP contribution < -0.4 is 5.32 Å². The first-order valence-electron chi connectivity index (χ1n) is 11.3. The molecule has 0 saturated heterocycles.